The molecule has 0 spiro atoms. The number of Topliss-reactive ketones (excluding diaryl/α,β-unsaturated/α-hetero) is 1. The zero-order valence-corrected chi connectivity index (χ0v) is 18.6. The maximum Gasteiger partial charge on any atom is 0.240 e. The first kappa shape index (κ1) is 20.7. The van der Waals surface area contributed by atoms with Gasteiger partial charge in [-0.05, 0) is 37.3 Å². The molecule has 1 unspecified atom stereocenters. The van der Waals surface area contributed by atoms with Crippen LogP contribution in [0.2, 0.25) is 0 Å². The molecule has 8 heteroatoms. The predicted molar refractivity (Wildman–Crippen MR) is 109 cm³/mol. The van der Waals surface area contributed by atoms with E-state index in [4.69, 9.17) is 0 Å². The van der Waals surface area contributed by atoms with Crippen molar-refractivity contribution >= 4 is 39.0 Å². The van der Waals surface area contributed by atoms with E-state index in [0.29, 0.717) is 23.7 Å². The summed E-state index contributed by atoms with van der Waals surface area (Å²) in [7, 11) is 3.96. The number of halogens is 1. The molecule has 1 aliphatic heterocycles. The van der Waals surface area contributed by atoms with Crippen LogP contribution in [-0.2, 0) is 4.79 Å². The molecule has 2 aromatic rings. The largest absolute Gasteiger partial charge is 0.868 e. The number of amides is 1. The van der Waals surface area contributed by atoms with Crippen LogP contribution in [0.25, 0.3) is 0 Å². The highest BCUT2D eigenvalue weighted by Crippen LogP contribution is 2.39. The molecule has 148 valence electrons. The fourth-order valence-electron chi connectivity index (χ4n) is 3.33. The number of nitrogens with one attached hydrogen (secondary N) is 1. The molecule has 1 aliphatic rings. The lowest BCUT2D eigenvalue weighted by molar-refractivity contribution is -0.857. The van der Waals surface area contributed by atoms with Crippen molar-refractivity contribution in [2.24, 2.45) is 0 Å². The van der Waals surface area contributed by atoms with Crippen LogP contribution in [0.3, 0.4) is 0 Å². The van der Waals surface area contributed by atoms with Gasteiger partial charge in [0.15, 0.2) is 0 Å². The number of benzene rings is 1. The van der Waals surface area contributed by atoms with Crippen molar-refractivity contribution in [3.8, 4) is 0 Å². The van der Waals surface area contributed by atoms with Gasteiger partial charge in [-0.1, -0.05) is 28.1 Å². The molecule has 0 bridgehead atoms. The smallest absolute Gasteiger partial charge is 0.240 e. The van der Waals surface area contributed by atoms with E-state index in [9.17, 15) is 14.7 Å². The molecule has 3 rings (SSSR count). The van der Waals surface area contributed by atoms with Gasteiger partial charge in [-0.15, -0.1) is 11.3 Å². The quantitative estimate of drug-likeness (QED) is 0.649. The molecule has 0 radical (unpaired) electrons. The van der Waals surface area contributed by atoms with E-state index in [1.54, 1.807) is 6.92 Å². The number of thiazole rings is 1. The van der Waals surface area contributed by atoms with Gasteiger partial charge < -0.3 is 14.9 Å². The number of hydrogen-bond acceptors (Lipinski definition) is 5. The van der Waals surface area contributed by atoms with E-state index in [1.807, 2.05) is 45.3 Å². The molecule has 1 amide bonds. The molecule has 1 atom stereocenters. The van der Waals surface area contributed by atoms with Gasteiger partial charge in [0.05, 0.1) is 48.8 Å². The minimum atomic E-state index is -0.714. The summed E-state index contributed by atoms with van der Waals surface area (Å²) < 4.78 is 0.826. The van der Waals surface area contributed by atoms with Crippen LogP contribution in [0.4, 0.5) is 0 Å². The van der Waals surface area contributed by atoms with Crippen LogP contribution in [0.1, 0.15) is 32.0 Å². The van der Waals surface area contributed by atoms with Gasteiger partial charge in [0.1, 0.15) is 0 Å². The van der Waals surface area contributed by atoms with E-state index in [2.05, 4.69) is 20.9 Å². The van der Waals surface area contributed by atoms with Gasteiger partial charge in [-0.25, -0.2) is 4.98 Å². The van der Waals surface area contributed by atoms with Crippen LogP contribution in [0, 0.1) is 13.8 Å². The topological polar surface area (TPSA) is 77.8 Å². The van der Waals surface area contributed by atoms with Crippen LogP contribution >= 0.6 is 27.3 Å². The Kier molecular flexibility index (Phi) is 6.02. The van der Waals surface area contributed by atoms with Gasteiger partial charge in [-0.2, -0.15) is 0 Å². The first-order valence-electron chi connectivity index (χ1n) is 8.96. The van der Waals surface area contributed by atoms with Crippen molar-refractivity contribution in [1.82, 2.24) is 9.88 Å². The molecule has 1 aromatic heterocycles. The summed E-state index contributed by atoms with van der Waals surface area (Å²) in [6, 6.07) is 6.71. The summed E-state index contributed by atoms with van der Waals surface area (Å²) in [4.78, 5) is 33.5. The Morgan fingerprint density at radius 2 is 2.07 bits per heavy atom. The van der Waals surface area contributed by atoms with Crippen molar-refractivity contribution in [1.29, 1.82) is 0 Å². The number of aryl methyl sites for hydroxylation is 2. The summed E-state index contributed by atoms with van der Waals surface area (Å²) in [5.74, 6) is -1.73. The zero-order valence-electron chi connectivity index (χ0n) is 16.2. The predicted octanol–water partition coefficient (Wildman–Crippen LogP) is 1.05. The Labute approximate surface area is 176 Å². The second-order valence-electron chi connectivity index (χ2n) is 7.13. The molecule has 0 saturated heterocycles. The Hall–Kier alpha value is -2.03. The standard InChI is InChI=1S/C20H22BrN3O3S/c1-11-19(28-12(2)22-11)17(25)15-16(13-6-5-7-14(21)10-13)24(9-8-23(3)4)20(27)18(15)26/h5-7,10,16,26H,8-9H2,1-4H3. The van der Waals surface area contributed by atoms with Crippen molar-refractivity contribution in [2.45, 2.75) is 19.9 Å². The summed E-state index contributed by atoms with van der Waals surface area (Å²) in [6.45, 7) is 4.63. The second kappa shape index (κ2) is 8.14. The second-order valence-corrected chi connectivity index (χ2v) is 9.25. The average molecular weight is 464 g/mol. The Morgan fingerprint density at radius 3 is 2.64 bits per heavy atom. The number of likely N-dealkylation sites (N-methyl/N-ethyl adjacent to an activating group) is 1. The Morgan fingerprint density at radius 1 is 1.36 bits per heavy atom. The van der Waals surface area contributed by atoms with E-state index in [1.165, 1.54) is 16.2 Å². The van der Waals surface area contributed by atoms with Gasteiger partial charge in [0.25, 0.3) is 0 Å². The monoisotopic (exact) mass is 463 g/mol. The van der Waals surface area contributed by atoms with Crippen molar-refractivity contribution < 1.29 is 19.6 Å². The number of quaternary nitrogens is 1. The first-order chi connectivity index (χ1) is 13.2. The lowest BCUT2D eigenvalue weighted by Gasteiger charge is -2.28. The minimum absolute atomic E-state index is 0.0172. The Bertz CT molecular complexity index is 967. The highest BCUT2D eigenvalue weighted by Gasteiger charge is 2.40. The first-order valence-corrected chi connectivity index (χ1v) is 10.6. The van der Waals surface area contributed by atoms with Gasteiger partial charge >= 0.3 is 0 Å². The maximum absolute atomic E-state index is 13.3. The van der Waals surface area contributed by atoms with E-state index < -0.39 is 23.5 Å². The average Bonchev–Trinajstić information content (AvgIpc) is 3.09. The minimum Gasteiger partial charge on any atom is -0.868 e. The van der Waals surface area contributed by atoms with E-state index in [0.717, 1.165) is 19.9 Å². The molecule has 28 heavy (non-hydrogen) atoms. The lowest BCUT2D eigenvalue weighted by Crippen LogP contribution is -3.06. The highest BCUT2D eigenvalue weighted by molar-refractivity contribution is 9.10. The van der Waals surface area contributed by atoms with Gasteiger partial charge in [0, 0.05) is 10.0 Å². The number of rotatable bonds is 6. The van der Waals surface area contributed by atoms with Gasteiger partial charge in [-0.3, -0.25) is 9.59 Å². The number of nitrogens with zero attached hydrogens (tertiary/aromatic N) is 2. The molecule has 2 heterocycles. The zero-order chi connectivity index (χ0) is 20.6. The summed E-state index contributed by atoms with van der Waals surface area (Å²) in [5.41, 5.74) is 1.35. The van der Waals surface area contributed by atoms with Crippen LogP contribution in [-0.4, -0.2) is 48.8 Å². The number of hydrogen-bond donors (Lipinski definition) is 1. The Balaban J connectivity index is 2.10. The van der Waals surface area contributed by atoms with E-state index in [-0.39, 0.29) is 5.57 Å². The van der Waals surface area contributed by atoms with Crippen LogP contribution in [0.15, 0.2) is 40.1 Å². The van der Waals surface area contributed by atoms with Crippen molar-refractivity contribution in [3.05, 3.63) is 61.2 Å². The normalized spacial score (nSPS) is 17.1. The third-order valence-electron chi connectivity index (χ3n) is 4.66. The summed E-state index contributed by atoms with van der Waals surface area (Å²) >= 11 is 4.70. The third-order valence-corrected chi connectivity index (χ3v) is 6.22. The van der Waals surface area contributed by atoms with E-state index >= 15 is 0 Å². The summed E-state index contributed by atoms with van der Waals surface area (Å²) in [6.07, 6.45) is 0. The molecule has 6 nitrogen and oxygen atoms in total. The number of ketones is 1. The van der Waals surface area contributed by atoms with Crippen molar-refractivity contribution in [2.75, 3.05) is 27.2 Å². The maximum atomic E-state index is 13.3. The molecule has 0 saturated carbocycles. The molecule has 1 N–H and O–H groups in total. The number of carbonyl (C=O) groups excluding carboxylic acids is 2. The molecular weight excluding hydrogens is 442 g/mol. The van der Waals surface area contributed by atoms with Crippen LogP contribution in [0.5, 0.6) is 0 Å². The molecule has 1 aromatic carbocycles. The molecular formula is C20H22BrN3O3S. The van der Waals surface area contributed by atoms with Gasteiger partial charge in [0.2, 0.25) is 11.7 Å². The van der Waals surface area contributed by atoms with Crippen molar-refractivity contribution in [3.63, 3.8) is 0 Å². The number of aromatic nitrogens is 1. The molecule has 0 aliphatic carbocycles. The SMILES string of the molecule is Cc1nc(C)c(C(=O)C2=C([O-])C(=O)N(CC[NH+](C)C)C2c2cccc(Br)c2)s1. The highest BCUT2D eigenvalue weighted by atomic mass is 79.9. The fourth-order valence-corrected chi connectivity index (χ4v) is 4.62. The lowest BCUT2D eigenvalue weighted by atomic mass is 9.95. The summed E-state index contributed by atoms with van der Waals surface area (Å²) in [5, 5.41) is 13.6. The molecule has 0 fully saturated rings. The fraction of sp³-hybridized carbons (Fsp3) is 0.350. The third kappa shape index (κ3) is 3.90. The number of carbonyl (C=O) groups is 2. The van der Waals surface area contributed by atoms with Crippen LogP contribution < -0.4 is 10.0 Å².